The maximum Gasteiger partial charge on any atom is 0.387 e. The number of hydrogen-bond acceptors (Lipinski definition) is 3. The quantitative estimate of drug-likeness (QED) is 0.820. The summed E-state index contributed by atoms with van der Waals surface area (Å²) in [5.74, 6) is -0.904. The summed E-state index contributed by atoms with van der Waals surface area (Å²) in [4.78, 5) is 11.4. The second-order valence-electron chi connectivity index (χ2n) is 2.29. The number of alkyl halides is 2. The van der Waals surface area contributed by atoms with Crippen LogP contribution < -0.4 is 10.5 Å². The Morgan fingerprint density at radius 2 is 2.31 bits per heavy atom. The summed E-state index contributed by atoms with van der Waals surface area (Å²) in [6.07, 6.45) is 0. The Balaban J connectivity index is 2.97. The van der Waals surface area contributed by atoms with E-state index in [0.29, 0.717) is 4.88 Å². The lowest BCUT2D eigenvalue weighted by molar-refractivity contribution is -0.0498. The molecule has 0 aromatic carbocycles. The number of nitrogens with two attached hydrogens (primary N) is 1. The van der Waals surface area contributed by atoms with Gasteiger partial charge >= 0.3 is 6.61 Å². The van der Waals surface area contributed by atoms with Gasteiger partial charge in [-0.25, -0.2) is 0 Å². The molecule has 6 heteroatoms. The summed E-state index contributed by atoms with van der Waals surface area (Å²) < 4.78 is 27.7. The van der Waals surface area contributed by atoms with Crippen LogP contribution in [0.5, 0.6) is 5.75 Å². The van der Waals surface area contributed by atoms with Gasteiger partial charge in [0, 0.05) is 4.88 Å². The Hall–Kier alpha value is -1.17. The molecule has 0 saturated carbocycles. The van der Waals surface area contributed by atoms with Crippen LogP contribution in [-0.2, 0) is 0 Å². The molecule has 72 valence electrons. The Kier molecular flexibility index (Phi) is 2.82. The van der Waals surface area contributed by atoms with Crippen LogP contribution in [0.4, 0.5) is 8.78 Å². The summed E-state index contributed by atoms with van der Waals surface area (Å²) in [5, 5.41) is 0. The van der Waals surface area contributed by atoms with Crippen LogP contribution in [0.25, 0.3) is 0 Å². The minimum Gasteiger partial charge on any atom is -0.433 e. The fourth-order valence-corrected chi connectivity index (χ4v) is 1.64. The van der Waals surface area contributed by atoms with E-state index in [2.05, 4.69) is 4.74 Å². The van der Waals surface area contributed by atoms with Crippen molar-refractivity contribution in [3.63, 3.8) is 0 Å². The number of aryl methyl sites for hydroxylation is 1. The van der Waals surface area contributed by atoms with Gasteiger partial charge in [0.1, 0.15) is 10.6 Å². The number of thiophene rings is 1. The third-order valence-corrected chi connectivity index (χ3v) is 2.31. The van der Waals surface area contributed by atoms with E-state index in [1.807, 2.05) is 0 Å². The predicted molar refractivity (Wildman–Crippen MR) is 44.2 cm³/mol. The van der Waals surface area contributed by atoms with Crippen LogP contribution in [0.3, 0.4) is 0 Å². The number of carbonyl (C=O) groups is 1. The van der Waals surface area contributed by atoms with Crippen LogP contribution in [0, 0.1) is 6.92 Å². The first kappa shape index (κ1) is 9.91. The Morgan fingerprint density at radius 3 is 2.77 bits per heavy atom. The van der Waals surface area contributed by atoms with Crippen molar-refractivity contribution in [2.45, 2.75) is 13.5 Å². The molecule has 1 aromatic heterocycles. The fraction of sp³-hybridized carbons (Fsp3) is 0.286. The molecule has 0 aliphatic rings. The van der Waals surface area contributed by atoms with E-state index in [4.69, 9.17) is 5.73 Å². The van der Waals surface area contributed by atoms with E-state index in [1.165, 1.54) is 6.07 Å². The van der Waals surface area contributed by atoms with Crippen LogP contribution >= 0.6 is 11.3 Å². The fourth-order valence-electron chi connectivity index (χ4n) is 0.846. The lowest BCUT2D eigenvalue weighted by Gasteiger charge is -2.02. The number of amides is 1. The van der Waals surface area contributed by atoms with Gasteiger partial charge in [-0.2, -0.15) is 8.78 Å². The molecular formula is C7H7F2NO2S. The molecule has 0 aliphatic carbocycles. The van der Waals surface area contributed by atoms with Gasteiger partial charge in [0.25, 0.3) is 5.91 Å². The molecule has 0 atom stereocenters. The van der Waals surface area contributed by atoms with Gasteiger partial charge < -0.3 is 10.5 Å². The number of primary amides is 1. The predicted octanol–water partition coefficient (Wildman–Crippen LogP) is 1.76. The normalized spacial score (nSPS) is 10.5. The van der Waals surface area contributed by atoms with Gasteiger partial charge in [-0.1, -0.05) is 0 Å². The number of rotatable bonds is 3. The first-order valence-electron chi connectivity index (χ1n) is 3.35. The van der Waals surface area contributed by atoms with Crippen LogP contribution in [0.15, 0.2) is 6.07 Å². The second-order valence-corrected chi connectivity index (χ2v) is 3.55. The van der Waals surface area contributed by atoms with Crippen molar-refractivity contribution in [1.82, 2.24) is 0 Å². The summed E-state index contributed by atoms with van der Waals surface area (Å²) in [6.45, 7) is -1.26. The van der Waals surface area contributed by atoms with E-state index < -0.39 is 12.5 Å². The second kappa shape index (κ2) is 3.69. The lowest BCUT2D eigenvalue weighted by atomic mass is 10.4. The SMILES string of the molecule is Cc1cc(OC(F)F)c(C(N)=O)s1. The van der Waals surface area contributed by atoms with Crippen molar-refractivity contribution < 1.29 is 18.3 Å². The molecule has 1 amide bonds. The molecule has 0 radical (unpaired) electrons. The maximum absolute atomic E-state index is 11.8. The van der Waals surface area contributed by atoms with E-state index >= 15 is 0 Å². The van der Waals surface area contributed by atoms with Gasteiger partial charge in [0.15, 0.2) is 0 Å². The van der Waals surface area contributed by atoms with Crippen molar-refractivity contribution in [3.8, 4) is 5.75 Å². The number of carbonyl (C=O) groups excluding carboxylic acids is 1. The average molecular weight is 207 g/mol. The lowest BCUT2D eigenvalue weighted by Crippen LogP contribution is -2.12. The standard InChI is InChI=1S/C7H7F2NO2S/c1-3-2-4(12-7(8)9)5(13-3)6(10)11/h2,7H,1H3,(H2,10,11). The molecule has 1 rings (SSSR count). The van der Waals surface area contributed by atoms with Crippen molar-refractivity contribution in [2.24, 2.45) is 5.73 Å². The largest absolute Gasteiger partial charge is 0.433 e. The Morgan fingerprint density at radius 1 is 1.69 bits per heavy atom. The van der Waals surface area contributed by atoms with Gasteiger partial charge in [-0.15, -0.1) is 11.3 Å². The minimum absolute atomic E-state index is 0.0257. The molecule has 2 N–H and O–H groups in total. The third-order valence-electron chi connectivity index (χ3n) is 1.26. The molecule has 3 nitrogen and oxygen atoms in total. The number of ether oxygens (including phenoxy) is 1. The van der Waals surface area contributed by atoms with Gasteiger partial charge in [-0.05, 0) is 13.0 Å². The van der Waals surface area contributed by atoms with Crippen LogP contribution in [-0.4, -0.2) is 12.5 Å². The molecule has 1 aromatic rings. The highest BCUT2D eigenvalue weighted by Gasteiger charge is 2.16. The number of hydrogen-bond donors (Lipinski definition) is 1. The highest BCUT2D eigenvalue weighted by molar-refractivity contribution is 7.14. The maximum atomic E-state index is 11.8. The topological polar surface area (TPSA) is 52.3 Å². The molecule has 1 heterocycles. The van der Waals surface area contributed by atoms with Crippen molar-refractivity contribution >= 4 is 17.2 Å². The molecule has 0 aliphatic heterocycles. The van der Waals surface area contributed by atoms with E-state index in [-0.39, 0.29) is 10.6 Å². The molecule has 0 unspecified atom stereocenters. The zero-order valence-corrected chi connectivity index (χ0v) is 7.53. The summed E-state index contributed by atoms with van der Waals surface area (Å²) >= 11 is 1.03. The van der Waals surface area contributed by atoms with Gasteiger partial charge in [0.05, 0.1) is 0 Å². The molecule has 0 spiro atoms. The number of halogens is 2. The first-order valence-corrected chi connectivity index (χ1v) is 4.17. The van der Waals surface area contributed by atoms with Crippen molar-refractivity contribution in [1.29, 1.82) is 0 Å². The molecular weight excluding hydrogens is 200 g/mol. The van der Waals surface area contributed by atoms with Crippen LogP contribution in [0.2, 0.25) is 0 Å². The average Bonchev–Trinajstić information content (AvgIpc) is 2.29. The Bertz CT molecular complexity index is 324. The van der Waals surface area contributed by atoms with Gasteiger partial charge in [0.2, 0.25) is 0 Å². The van der Waals surface area contributed by atoms with Gasteiger partial charge in [-0.3, -0.25) is 4.79 Å². The molecule has 13 heavy (non-hydrogen) atoms. The van der Waals surface area contributed by atoms with E-state index in [0.717, 1.165) is 11.3 Å². The first-order chi connectivity index (χ1) is 6.00. The molecule has 0 saturated heterocycles. The summed E-state index contributed by atoms with van der Waals surface area (Å²) in [6, 6.07) is 1.36. The Labute approximate surface area is 77.1 Å². The van der Waals surface area contributed by atoms with Crippen molar-refractivity contribution in [3.05, 3.63) is 15.8 Å². The van der Waals surface area contributed by atoms with E-state index in [9.17, 15) is 13.6 Å². The van der Waals surface area contributed by atoms with Crippen LogP contribution in [0.1, 0.15) is 14.5 Å². The highest BCUT2D eigenvalue weighted by Crippen LogP contribution is 2.29. The summed E-state index contributed by atoms with van der Waals surface area (Å²) in [7, 11) is 0. The minimum atomic E-state index is -2.94. The zero-order chi connectivity index (χ0) is 10.0. The third kappa shape index (κ3) is 2.38. The monoisotopic (exact) mass is 207 g/mol. The smallest absolute Gasteiger partial charge is 0.387 e. The molecule has 0 bridgehead atoms. The zero-order valence-electron chi connectivity index (χ0n) is 6.71. The molecule has 0 fully saturated rings. The highest BCUT2D eigenvalue weighted by atomic mass is 32.1. The van der Waals surface area contributed by atoms with E-state index in [1.54, 1.807) is 6.92 Å². The van der Waals surface area contributed by atoms with Crippen molar-refractivity contribution in [2.75, 3.05) is 0 Å². The summed E-state index contributed by atoms with van der Waals surface area (Å²) in [5.41, 5.74) is 4.95.